The largest absolute Gasteiger partial charge is 4.00 e. The molecule has 0 rings (SSSR count). The van der Waals surface area contributed by atoms with Gasteiger partial charge in [0.2, 0.25) is 0 Å². The van der Waals surface area contributed by atoms with Gasteiger partial charge in [-0.2, -0.15) is 0 Å². The summed E-state index contributed by atoms with van der Waals surface area (Å²) >= 11 is 0. The van der Waals surface area contributed by atoms with Crippen LogP contribution in [0.25, 0.3) is 0 Å². The second-order valence-corrected chi connectivity index (χ2v) is 3.67. The van der Waals surface area contributed by atoms with Crippen molar-refractivity contribution in [3.05, 3.63) is 0 Å². The molecule has 0 heterocycles. The fourth-order valence-corrected chi connectivity index (χ4v) is 0. The van der Waals surface area contributed by atoms with Crippen LogP contribution < -0.4 is 59.1 Å². The summed E-state index contributed by atoms with van der Waals surface area (Å²) < 4.78 is 102. The third-order valence-corrected chi connectivity index (χ3v) is 0. The van der Waals surface area contributed by atoms with E-state index >= 15 is 0 Å². The molecule has 18 heavy (non-hydrogen) atoms. The summed E-state index contributed by atoms with van der Waals surface area (Å²) in [7, 11) is -15.5. The summed E-state index contributed by atoms with van der Waals surface area (Å²) in [5, 5.41) is 0. The van der Waals surface area contributed by atoms with Crippen LogP contribution in [0.1, 0.15) is 0 Å². The van der Waals surface area contributed by atoms with Gasteiger partial charge in [-0.1, -0.05) is 0 Å². The molecule has 0 aromatic heterocycles. The first-order valence-electron chi connectivity index (χ1n) is 2.00. The SMILES string of the molecule is O=S(=O)([O-])[O-].O=S(=O)([O-])[O-].O=S(=O)([O-])[O-].[Na+].[Na+].[Ti+4]. The summed E-state index contributed by atoms with van der Waals surface area (Å²) in [4.78, 5) is 0. The van der Waals surface area contributed by atoms with Gasteiger partial charge in [-0.05, 0) is 0 Å². The van der Waals surface area contributed by atoms with E-state index in [2.05, 4.69) is 0 Å². The Morgan fingerprint density at radius 3 is 0.444 bits per heavy atom. The fourth-order valence-electron chi connectivity index (χ4n) is 0. The molecule has 0 aliphatic carbocycles. The molecule has 0 bridgehead atoms. The molecule has 0 unspecified atom stereocenters. The number of hydrogen-bond acceptors (Lipinski definition) is 12. The Balaban J connectivity index is -0.0000000277. The van der Waals surface area contributed by atoms with Crippen molar-refractivity contribution in [1.29, 1.82) is 0 Å². The summed E-state index contributed by atoms with van der Waals surface area (Å²) in [5.74, 6) is 0. The first-order valence-corrected chi connectivity index (χ1v) is 6.00. The Labute approximate surface area is 162 Å². The van der Waals surface area contributed by atoms with Crippen molar-refractivity contribution in [3.63, 3.8) is 0 Å². The van der Waals surface area contributed by atoms with E-state index in [1.54, 1.807) is 0 Å². The Morgan fingerprint density at radius 1 is 0.444 bits per heavy atom. The molecule has 0 aliphatic heterocycles. The van der Waals surface area contributed by atoms with Crippen LogP contribution in [0, 0.1) is 0 Å². The van der Waals surface area contributed by atoms with Crippen molar-refractivity contribution in [2.24, 2.45) is 0 Å². The third kappa shape index (κ3) is 1020. The molecule has 96 valence electrons. The molecule has 12 nitrogen and oxygen atoms in total. The maximum Gasteiger partial charge on any atom is 4.00 e. The molecular formula is Na2O12S3Ti. The first-order chi connectivity index (χ1) is 6.00. The Bertz CT molecular complexity index is 346. The molecule has 0 aromatic carbocycles. The molecular weight excluding hydrogens is 382 g/mol. The minimum atomic E-state index is -5.17. The average molecular weight is 382 g/mol. The van der Waals surface area contributed by atoms with E-state index in [1.807, 2.05) is 0 Å². The minimum Gasteiger partial charge on any atom is -0.759 e. The molecule has 0 saturated carbocycles. The topological polar surface area (TPSA) is 241 Å². The van der Waals surface area contributed by atoms with Crippen LogP contribution in [0.15, 0.2) is 0 Å². The second-order valence-electron chi connectivity index (χ2n) is 1.22. The van der Waals surface area contributed by atoms with E-state index in [0.29, 0.717) is 0 Å². The van der Waals surface area contributed by atoms with Crippen LogP contribution >= 0.6 is 0 Å². The normalized spacial score (nSPS) is 9.67. The molecule has 18 heteroatoms. The predicted octanol–water partition coefficient (Wildman–Crippen LogP) is -10.0. The zero-order valence-corrected chi connectivity index (χ0v) is 16.6. The van der Waals surface area contributed by atoms with Gasteiger partial charge in [0.25, 0.3) is 0 Å². The standard InChI is InChI=1S/2Na.3H2O4S.Ti/c;;3*1-5(2,3)4;/h;;3*(H2,1,2,3,4);/q2*+1;;;;+4/p-6. The average Bonchev–Trinajstić information content (AvgIpc) is 1.41. The van der Waals surface area contributed by atoms with Crippen LogP contribution in [0.3, 0.4) is 0 Å². The van der Waals surface area contributed by atoms with E-state index in [1.165, 1.54) is 0 Å². The summed E-state index contributed by atoms with van der Waals surface area (Å²) in [6.45, 7) is 0. The molecule has 0 fully saturated rings. The molecule has 0 radical (unpaired) electrons. The van der Waals surface area contributed by atoms with Gasteiger partial charge in [0.15, 0.2) is 0 Å². The predicted molar refractivity (Wildman–Crippen MR) is 31.4 cm³/mol. The Kier molecular flexibility index (Phi) is 32.3. The van der Waals surface area contributed by atoms with E-state index in [0.717, 1.165) is 0 Å². The van der Waals surface area contributed by atoms with Gasteiger partial charge in [-0.15, -0.1) is 0 Å². The van der Waals surface area contributed by atoms with Gasteiger partial charge in [0, 0.05) is 31.2 Å². The second kappa shape index (κ2) is 15.7. The van der Waals surface area contributed by atoms with Crippen LogP contribution in [0.2, 0.25) is 0 Å². The van der Waals surface area contributed by atoms with E-state index in [4.69, 9.17) is 52.6 Å². The van der Waals surface area contributed by atoms with Crippen LogP contribution in [0.4, 0.5) is 0 Å². The van der Waals surface area contributed by atoms with Crippen molar-refractivity contribution < 1.29 is 133 Å². The van der Waals surface area contributed by atoms with Gasteiger partial charge in [-0.3, -0.25) is 25.3 Å². The van der Waals surface area contributed by atoms with Crippen molar-refractivity contribution in [2.75, 3.05) is 0 Å². The van der Waals surface area contributed by atoms with Crippen molar-refractivity contribution in [2.45, 2.75) is 0 Å². The van der Waals surface area contributed by atoms with Gasteiger partial charge in [0.05, 0.1) is 0 Å². The van der Waals surface area contributed by atoms with E-state index in [9.17, 15) is 0 Å². The van der Waals surface area contributed by atoms with Crippen LogP contribution in [-0.2, 0) is 52.9 Å². The smallest absolute Gasteiger partial charge is 0.759 e. The molecule has 0 amide bonds. The maximum absolute atomic E-state index is 8.52. The van der Waals surface area contributed by atoms with Gasteiger partial charge in [0.1, 0.15) is 0 Å². The quantitative estimate of drug-likeness (QED) is 0.215. The Morgan fingerprint density at radius 2 is 0.444 bits per heavy atom. The molecule has 0 aromatic rings. The zero-order valence-electron chi connectivity index (χ0n) is 8.62. The third-order valence-electron chi connectivity index (χ3n) is 0. The van der Waals surface area contributed by atoms with E-state index in [-0.39, 0.29) is 80.8 Å². The molecule has 0 spiro atoms. The molecule has 0 atom stereocenters. The van der Waals surface area contributed by atoms with Crippen molar-refractivity contribution in [3.8, 4) is 0 Å². The molecule has 0 aliphatic rings. The van der Waals surface area contributed by atoms with Crippen molar-refractivity contribution in [1.82, 2.24) is 0 Å². The monoisotopic (exact) mass is 382 g/mol. The molecule has 0 saturated heterocycles. The van der Waals surface area contributed by atoms with E-state index < -0.39 is 31.2 Å². The van der Waals surface area contributed by atoms with Crippen molar-refractivity contribution >= 4 is 31.2 Å². The Hall–Kier alpha value is 2.32. The fraction of sp³-hybridized carbons (Fsp3) is 0. The number of rotatable bonds is 0. The van der Waals surface area contributed by atoms with Crippen LogP contribution in [0.5, 0.6) is 0 Å². The summed E-state index contributed by atoms with van der Waals surface area (Å²) in [6, 6.07) is 0. The summed E-state index contributed by atoms with van der Waals surface area (Å²) in [5.41, 5.74) is 0. The maximum atomic E-state index is 8.52. The minimum absolute atomic E-state index is 0. The van der Waals surface area contributed by atoms with Gasteiger partial charge >= 0.3 is 80.8 Å². The summed E-state index contributed by atoms with van der Waals surface area (Å²) in [6.07, 6.45) is 0. The first kappa shape index (κ1) is 37.0. The van der Waals surface area contributed by atoms with Gasteiger partial charge in [-0.25, -0.2) is 0 Å². The zero-order chi connectivity index (χ0) is 13.5. The molecule has 0 N–H and O–H groups in total. The van der Waals surface area contributed by atoms with Gasteiger partial charge < -0.3 is 27.3 Å². The van der Waals surface area contributed by atoms with Crippen LogP contribution in [-0.4, -0.2) is 52.6 Å². The number of hydrogen-bond donors (Lipinski definition) is 0.